The minimum atomic E-state index is 0.762. The molecule has 354 valence electrons. The van der Waals surface area contributed by atoms with Crippen LogP contribution in [-0.2, 0) is 0 Å². The molecule has 14 aliphatic rings. The van der Waals surface area contributed by atoms with Crippen molar-refractivity contribution in [1.82, 2.24) is 0 Å². The molecule has 0 heteroatoms. The average Bonchev–Trinajstić information content (AvgIpc) is 4.11. The average molecular weight is 852 g/mol. The summed E-state index contributed by atoms with van der Waals surface area (Å²) in [5.74, 6) is 0. The van der Waals surface area contributed by atoms with Crippen molar-refractivity contribution in [1.29, 1.82) is 0 Å². The van der Waals surface area contributed by atoms with Crippen LogP contribution in [0, 0.1) is 37.9 Å². The van der Waals surface area contributed by atoms with E-state index in [4.69, 9.17) is 0 Å². The molecule has 0 N–H and O–H groups in total. The molecule has 0 aliphatic heterocycles. The maximum Gasteiger partial charge on any atom is -0.0228 e. The highest BCUT2D eigenvalue weighted by Crippen LogP contribution is 2.56. The molecule has 0 heterocycles. The molecule has 0 atom stereocenters. The van der Waals surface area contributed by atoms with Crippen LogP contribution in [0.2, 0.25) is 0 Å². The van der Waals surface area contributed by atoms with Crippen LogP contribution in [0.15, 0.2) is 24.3 Å². The van der Waals surface area contributed by atoms with Crippen LogP contribution in [0.3, 0.4) is 0 Å². The smallest absolute Gasteiger partial charge is 0.0228 e. The zero-order valence-corrected chi connectivity index (χ0v) is 41.9. The summed E-state index contributed by atoms with van der Waals surface area (Å²) in [6.07, 6.45) is 87.2. The molecule has 0 aromatic rings. The van der Waals surface area contributed by atoms with Crippen molar-refractivity contribution in [2.75, 3.05) is 0 Å². The Bertz CT molecular complexity index is 1210. The Morgan fingerprint density at radius 1 is 0.129 bits per heavy atom. The van der Waals surface area contributed by atoms with E-state index in [2.05, 4.69) is 24.3 Å². The van der Waals surface area contributed by atoms with Gasteiger partial charge in [0.25, 0.3) is 0 Å². The molecule has 14 aliphatic carbocycles. The van der Waals surface area contributed by atoms with Crippen LogP contribution in [-0.4, -0.2) is 0 Å². The number of allylic oxidation sites excluding steroid dienone is 4. The van der Waals surface area contributed by atoms with Crippen molar-refractivity contribution >= 4 is 0 Å². The van der Waals surface area contributed by atoms with E-state index < -0.39 is 0 Å². The highest BCUT2D eigenvalue weighted by atomic mass is 14.5. The first-order valence-electron chi connectivity index (χ1n) is 29.7. The fourth-order valence-electron chi connectivity index (χ4n) is 16.8. The highest BCUT2D eigenvalue weighted by molar-refractivity contribution is 5.06. The zero-order chi connectivity index (χ0) is 42.4. The lowest BCUT2D eigenvalue weighted by molar-refractivity contribution is 0.0314. The molecule has 62 heavy (non-hydrogen) atoms. The Morgan fingerprint density at radius 2 is 0.258 bits per heavy atom. The molecule has 0 aromatic carbocycles. The van der Waals surface area contributed by atoms with Crippen LogP contribution in [0.4, 0.5) is 0 Å². The first-order valence-corrected chi connectivity index (χ1v) is 29.7. The SMILES string of the molecule is C1=CCC2(C1)CCC2.C1=CCC2(C1)CCCCC2.C1CC2(C1)CCC2.C1CCC2(C1)CCC2.C1CCC2(C1)CCCC2.C1CCC2(CC1)CCC2.C1CCC2(CC1)CCCCC2. The molecule has 0 radical (unpaired) electrons. The molecular formula is C62H106. The van der Waals surface area contributed by atoms with Crippen LogP contribution in [0.25, 0.3) is 0 Å². The van der Waals surface area contributed by atoms with Gasteiger partial charge in [-0.2, -0.15) is 0 Å². The van der Waals surface area contributed by atoms with Gasteiger partial charge in [-0.3, -0.25) is 0 Å². The van der Waals surface area contributed by atoms with E-state index in [-0.39, 0.29) is 0 Å². The topological polar surface area (TPSA) is 0 Å². The van der Waals surface area contributed by atoms with Gasteiger partial charge in [0.15, 0.2) is 0 Å². The summed E-state index contributed by atoms with van der Waals surface area (Å²) in [4.78, 5) is 0. The van der Waals surface area contributed by atoms with Gasteiger partial charge in [-0.05, 0) is 218 Å². The molecule has 12 saturated carbocycles. The van der Waals surface area contributed by atoms with Crippen molar-refractivity contribution in [2.24, 2.45) is 37.9 Å². The first-order chi connectivity index (χ1) is 30.4. The minimum absolute atomic E-state index is 0.762. The van der Waals surface area contributed by atoms with E-state index in [1.807, 2.05) is 0 Å². The van der Waals surface area contributed by atoms with Gasteiger partial charge >= 0.3 is 0 Å². The lowest BCUT2D eigenvalue weighted by Crippen LogP contribution is -2.35. The molecule has 0 bridgehead atoms. The lowest BCUT2D eigenvalue weighted by Gasteiger charge is -2.49. The van der Waals surface area contributed by atoms with Gasteiger partial charge in [-0.1, -0.05) is 172 Å². The summed E-state index contributed by atoms with van der Waals surface area (Å²) in [6.45, 7) is 0. The molecule has 7 spiro atoms. The Balaban J connectivity index is 0.0000000999. The summed E-state index contributed by atoms with van der Waals surface area (Å²) < 4.78 is 0. The molecule has 0 nitrogen and oxygen atoms in total. The lowest BCUT2D eigenvalue weighted by atomic mass is 9.56. The predicted octanol–water partition coefficient (Wildman–Crippen LogP) is 21.0. The van der Waals surface area contributed by atoms with Gasteiger partial charge in [0, 0.05) is 0 Å². The quantitative estimate of drug-likeness (QED) is 0.213. The zero-order valence-electron chi connectivity index (χ0n) is 41.9. The maximum absolute atomic E-state index is 2.38. The third-order valence-corrected chi connectivity index (χ3v) is 22.3. The summed E-state index contributed by atoms with van der Waals surface area (Å²) in [6, 6.07) is 0. The van der Waals surface area contributed by atoms with Crippen LogP contribution >= 0.6 is 0 Å². The van der Waals surface area contributed by atoms with Crippen molar-refractivity contribution in [3.8, 4) is 0 Å². The standard InChI is InChI=1S/C11H20.C10H16.2C9H16.C8H14.C8H12.C7H12/c1-3-7-11(8-4-1)9-5-2-6-10-11;1-2-6-10(7-3-1)8-4-5-9-10;1-2-6-9(5-1)7-3-4-8-9;1-2-5-9(6-3-1)7-4-8-9;2*1-2-5-8(4-1)6-3-7-8;1-3-7(4-1)5-2-6-7/h1-10H2;4-5H,1-3,6-9H2;2*1-8H2;1-7H2;1-2H,3-7H2;1-6H2. The largest absolute Gasteiger partial charge is 0.0880 e. The van der Waals surface area contributed by atoms with E-state index in [0.717, 1.165) is 37.9 Å². The number of hydrogen-bond donors (Lipinski definition) is 0. The minimum Gasteiger partial charge on any atom is -0.0880 e. The monoisotopic (exact) mass is 851 g/mol. The molecule has 12 fully saturated rings. The van der Waals surface area contributed by atoms with Gasteiger partial charge < -0.3 is 0 Å². The van der Waals surface area contributed by atoms with Crippen molar-refractivity contribution in [3.63, 3.8) is 0 Å². The summed E-state index contributed by atoms with van der Waals surface area (Å²) in [5, 5.41) is 0. The summed E-state index contributed by atoms with van der Waals surface area (Å²) in [5.41, 5.74) is 6.08. The third kappa shape index (κ3) is 13.1. The number of hydrogen-bond acceptors (Lipinski definition) is 0. The van der Waals surface area contributed by atoms with E-state index in [1.165, 1.54) is 199 Å². The van der Waals surface area contributed by atoms with E-state index in [0.29, 0.717) is 0 Å². The molecule has 0 unspecified atom stereocenters. The van der Waals surface area contributed by atoms with Crippen LogP contribution in [0.5, 0.6) is 0 Å². The second-order valence-electron chi connectivity index (χ2n) is 26.4. The first kappa shape index (κ1) is 48.0. The van der Waals surface area contributed by atoms with Crippen LogP contribution < -0.4 is 0 Å². The molecule has 14 rings (SSSR count). The second-order valence-corrected chi connectivity index (χ2v) is 26.4. The predicted molar refractivity (Wildman–Crippen MR) is 271 cm³/mol. The third-order valence-electron chi connectivity index (χ3n) is 22.3. The van der Waals surface area contributed by atoms with E-state index in [1.54, 1.807) is 128 Å². The Morgan fingerprint density at radius 3 is 0.403 bits per heavy atom. The van der Waals surface area contributed by atoms with E-state index in [9.17, 15) is 0 Å². The molecule has 0 aromatic heterocycles. The van der Waals surface area contributed by atoms with Crippen molar-refractivity contribution in [2.45, 2.75) is 327 Å². The van der Waals surface area contributed by atoms with Gasteiger partial charge in [-0.15, -0.1) is 0 Å². The van der Waals surface area contributed by atoms with Gasteiger partial charge in [-0.25, -0.2) is 0 Å². The van der Waals surface area contributed by atoms with Gasteiger partial charge in [0.05, 0.1) is 0 Å². The maximum atomic E-state index is 2.38. The Hall–Kier alpha value is -0.520. The fraction of sp³-hybridized carbons (Fsp3) is 0.935. The van der Waals surface area contributed by atoms with Crippen LogP contribution in [0.1, 0.15) is 327 Å². The summed E-state index contributed by atoms with van der Waals surface area (Å²) in [7, 11) is 0. The normalized spacial score (nSPS) is 31.6. The Labute approximate surface area is 388 Å². The van der Waals surface area contributed by atoms with Gasteiger partial charge in [0.2, 0.25) is 0 Å². The summed E-state index contributed by atoms with van der Waals surface area (Å²) >= 11 is 0. The Kier molecular flexibility index (Phi) is 17.8. The van der Waals surface area contributed by atoms with Crippen molar-refractivity contribution in [3.05, 3.63) is 24.3 Å². The molecule has 0 saturated heterocycles. The van der Waals surface area contributed by atoms with Crippen molar-refractivity contribution < 1.29 is 0 Å². The highest BCUT2D eigenvalue weighted by Gasteiger charge is 2.42. The fourth-order valence-corrected chi connectivity index (χ4v) is 16.8. The number of rotatable bonds is 0. The second kappa shape index (κ2) is 23.0. The molecular weight excluding hydrogens is 745 g/mol. The van der Waals surface area contributed by atoms with E-state index >= 15 is 0 Å². The molecule has 0 amide bonds. The van der Waals surface area contributed by atoms with Gasteiger partial charge in [0.1, 0.15) is 0 Å².